The average Bonchev–Trinajstić information content (AvgIpc) is 3.33. The topological polar surface area (TPSA) is 111 Å². The summed E-state index contributed by atoms with van der Waals surface area (Å²) in [4.78, 5) is 52.9. The van der Waals surface area contributed by atoms with Gasteiger partial charge in [0.2, 0.25) is 5.91 Å². The van der Waals surface area contributed by atoms with E-state index in [1.165, 1.54) is 4.90 Å². The van der Waals surface area contributed by atoms with Gasteiger partial charge in [0.1, 0.15) is 18.8 Å². The van der Waals surface area contributed by atoms with E-state index in [9.17, 15) is 19.2 Å². The Labute approximate surface area is 258 Å². The second kappa shape index (κ2) is 14.2. The number of nitrogens with zero attached hydrogens (tertiary/aromatic N) is 1. The maximum Gasteiger partial charge on any atom is 0.417 e. The molecule has 1 aliphatic rings. The first-order chi connectivity index (χ1) is 20.9. The molecule has 3 amide bonds. The summed E-state index contributed by atoms with van der Waals surface area (Å²) in [6.07, 6.45) is -0.587. The third-order valence-corrected chi connectivity index (χ3v) is 7.27. The van der Waals surface area contributed by atoms with Crippen LogP contribution < -0.4 is 5.32 Å². The van der Waals surface area contributed by atoms with E-state index >= 15 is 0 Å². The van der Waals surface area contributed by atoms with E-state index in [0.29, 0.717) is 17.5 Å². The molecule has 2 atom stereocenters. The van der Waals surface area contributed by atoms with Crippen molar-refractivity contribution in [3.63, 3.8) is 0 Å². The van der Waals surface area contributed by atoms with Crippen molar-refractivity contribution < 1.29 is 33.4 Å². The molecule has 0 bridgehead atoms. The smallest absolute Gasteiger partial charge is 0.417 e. The summed E-state index contributed by atoms with van der Waals surface area (Å²) in [5.74, 6) is -1.57. The van der Waals surface area contributed by atoms with Gasteiger partial charge in [0, 0.05) is 6.54 Å². The van der Waals surface area contributed by atoms with E-state index < -0.39 is 41.6 Å². The van der Waals surface area contributed by atoms with E-state index in [1.807, 2.05) is 56.3 Å². The Morgan fingerprint density at radius 3 is 2.34 bits per heavy atom. The molecule has 0 radical (unpaired) electrons. The molecule has 0 unspecified atom stereocenters. The van der Waals surface area contributed by atoms with Crippen molar-refractivity contribution in [2.75, 3.05) is 13.2 Å². The Balaban J connectivity index is 1.49. The lowest BCUT2D eigenvalue weighted by Crippen LogP contribution is -2.43. The molecule has 232 valence electrons. The predicted molar refractivity (Wildman–Crippen MR) is 165 cm³/mol. The Hall–Kier alpha value is -4.66. The van der Waals surface area contributed by atoms with Crippen LogP contribution in [0.5, 0.6) is 0 Å². The number of nitrogens with one attached hydrogen (secondary N) is 1. The summed E-state index contributed by atoms with van der Waals surface area (Å²) in [6.45, 7) is 9.45. The van der Waals surface area contributed by atoms with Gasteiger partial charge in [-0.3, -0.25) is 4.79 Å². The van der Waals surface area contributed by atoms with Crippen molar-refractivity contribution in [3.05, 3.63) is 106 Å². The molecule has 1 saturated heterocycles. The van der Waals surface area contributed by atoms with Crippen molar-refractivity contribution in [3.8, 4) is 0 Å². The SMILES string of the molecule is Cc1ccc(C(=O)OCc2ccc([C@@H](CCNC(=O)OC(C)(C)C)C(=O)N3C(=O)OC[C@H]3Cc3ccccc3)cc2)c(C)c1. The lowest BCUT2D eigenvalue weighted by Gasteiger charge is -2.26. The van der Waals surface area contributed by atoms with Gasteiger partial charge in [-0.1, -0.05) is 72.3 Å². The van der Waals surface area contributed by atoms with Gasteiger partial charge in [0.05, 0.1) is 17.5 Å². The number of cyclic esters (lactones) is 1. The second-order valence-corrected chi connectivity index (χ2v) is 12.0. The number of hydrogen-bond donors (Lipinski definition) is 1. The Morgan fingerprint density at radius 1 is 0.977 bits per heavy atom. The molecule has 9 nitrogen and oxygen atoms in total. The maximum absolute atomic E-state index is 14.0. The van der Waals surface area contributed by atoms with E-state index in [1.54, 1.807) is 51.1 Å². The molecule has 9 heteroatoms. The number of ether oxygens (including phenoxy) is 3. The minimum Gasteiger partial charge on any atom is -0.457 e. The molecule has 1 heterocycles. The summed E-state index contributed by atoms with van der Waals surface area (Å²) in [6, 6.07) is 21.8. The fourth-order valence-corrected chi connectivity index (χ4v) is 5.12. The number of alkyl carbamates (subject to hydrolysis) is 1. The predicted octanol–water partition coefficient (Wildman–Crippen LogP) is 6.25. The van der Waals surface area contributed by atoms with Crippen LogP contribution in [0.4, 0.5) is 9.59 Å². The zero-order chi connectivity index (χ0) is 31.9. The minimum absolute atomic E-state index is 0.0584. The Bertz CT molecular complexity index is 1480. The van der Waals surface area contributed by atoms with Crippen LogP contribution in [0, 0.1) is 13.8 Å². The zero-order valence-corrected chi connectivity index (χ0v) is 25.9. The third-order valence-electron chi connectivity index (χ3n) is 7.27. The first-order valence-electron chi connectivity index (χ1n) is 14.7. The van der Waals surface area contributed by atoms with E-state index in [2.05, 4.69) is 5.32 Å². The fraction of sp³-hybridized carbons (Fsp3) is 0.371. The molecule has 0 saturated carbocycles. The Morgan fingerprint density at radius 2 is 1.68 bits per heavy atom. The Kier molecular flexibility index (Phi) is 10.4. The zero-order valence-electron chi connectivity index (χ0n) is 25.9. The number of esters is 1. The first kappa shape index (κ1) is 32.3. The van der Waals surface area contributed by atoms with Gasteiger partial charge in [-0.2, -0.15) is 0 Å². The fourth-order valence-electron chi connectivity index (χ4n) is 5.12. The quantitative estimate of drug-likeness (QED) is 0.216. The van der Waals surface area contributed by atoms with Crippen LogP contribution >= 0.6 is 0 Å². The molecular weight excluding hydrogens is 560 g/mol. The molecule has 1 aliphatic heterocycles. The standard InChI is InChI=1S/C35H40N2O7/c1-23-11-16-29(24(2)19-23)32(39)42-21-26-12-14-27(15-13-26)30(17-18-36-33(40)44-35(3,4)5)31(38)37-28(22-43-34(37)41)20-25-9-7-6-8-10-25/h6-16,19,28,30H,17-18,20-22H2,1-5H3,(H,36,40)/t28-,30-/m1/s1. The summed E-state index contributed by atoms with van der Waals surface area (Å²) >= 11 is 0. The molecule has 3 aromatic carbocycles. The highest BCUT2D eigenvalue weighted by Crippen LogP contribution is 2.28. The molecule has 3 aromatic rings. The van der Waals surface area contributed by atoms with Crippen LogP contribution in [-0.2, 0) is 32.0 Å². The number of rotatable bonds is 10. The van der Waals surface area contributed by atoms with Gasteiger partial charge in [0.25, 0.3) is 0 Å². The molecule has 1 N–H and O–H groups in total. The average molecular weight is 601 g/mol. The van der Waals surface area contributed by atoms with Gasteiger partial charge in [-0.15, -0.1) is 0 Å². The number of imide groups is 1. The summed E-state index contributed by atoms with van der Waals surface area (Å²) in [5.41, 5.74) is 4.14. The van der Waals surface area contributed by atoms with Gasteiger partial charge >= 0.3 is 18.2 Å². The lowest BCUT2D eigenvalue weighted by molar-refractivity contribution is -0.131. The molecular formula is C35H40N2O7. The number of benzene rings is 3. The number of aryl methyl sites for hydroxylation is 2. The molecule has 44 heavy (non-hydrogen) atoms. The number of carbonyl (C=O) groups is 4. The summed E-state index contributed by atoms with van der Waals surface area (Å²) in [7, 11) is 0. The van der Waals surface area contributed by atoms with Crippen molar-refractivity contribution in [2.24, 2.45) is 0 Å². The van der Waals surface area contributed by atoms with E-state index in [4.69, 9.17) is 14.2 Å². The van der Waals surface area contributed by atoms with E-state index in [0.717, 1.165) is 22.3 Å². The van der Waals surface area contributed by atoms with Gasteiger partial charge < -0.3 is 19.5 Å². The van der Waals surface area contributed by atoms with Gasteiger partial charge in [-0.05, 0) is 75.8 Å². The van der Waals surface area contributed by atoms with Crippen molar-refractivity contribution in [1.82, 2.24) is 10.2 Å². The van der Waals surface area contributed by atoms with Crippen LogP contribution in [0.25, 0.3) is 0 Å². The number of amides is 3. The van der Waals surface area contributed by atoms with Gasteiger partial charge in [0.15, 0.2) is 0 Å². The number of hydrogen-bond acceptors (Lipinski definition) is 7. The number of carbonyl (C=O) groups excluding carboxylic acids is 4. The van der Waals surface area contributed by atoms with Crippen LogP contribution in [0.15, 0.2) is 72.8 Å². The summed E-state index contributed by atoms with van der Waals surface area (Å²) in [5, 5.41) is 2.71. The van der Waals surface area contributed by atoms with Crippen molar-refractivity contribution >= 4 is 24.1 Å². The highest BCUT2D eigenvalue weighted by atomic mass is 16.6. The molecule has 0 aliphatic carbocycles. The highest BCUT2D eigenvalue weighted by Gasteiger charge is 2.41. The normalized spacial score (nSPS) is 15.3. The minimum atomic E-state index is -0.749. The first-order valence-corrected chi connectivity index (χ1v) is 14.7. The van der Waals surface area contributed by atoms with E-state index in [-0.39, 0.29) is 26.2 Å². The molecule has 1 fully saturated rings. The largest absolute Gasteiger partial charge is 0.457 e. The molecule has 0 aromatic heterocycles. The molecule has 4 rings (SSSR count). The third kappa shape index (κ3) is 8.69. The summed E-state index contributed by atoms with van der Waals surface area (Å²) < 4.78 is 16.2. The van der Waals surface area contributed by atoms with Crippen LogP contribution in [0.1, 0.15) is 71.3 Å². The van der Waals surface area contributed by atoms with Crippen LogP contribution in [-0.4, -0.2) is 53.8 Å². The van der Waals surface area contributed by atoms with Crippen molar-refractivity contribution in [2.45, 2.75) is 71.6 Å². The molecule has 0 spiro atoms. The highest BCUT2D eigenvalue weighted by molar-refractivity contribution is 5.97. The monoisotopic (exact) mass is 600 g/mol. The maximum atomic E-state index is 14.0. The second-order valence-electron chi connectivity index (χ2n) is 12.0. The van der Waals surface area contributed by atoms with Gasteiger partial charge in [-0.25, -0.2) is 19.3 Å². The van der Waals surface area contributed by atoms with Crippen molar-refractivity contribution in [1.29, 1.82) is 0 Å². The van der Waals surface area contributed by atoms with Crippen LogP contribution in [0.3, 0.4) is 0 Å². The van der Waals surface area contributed by atoms with Crippen LogP contribution in [0.2, 0.25) is 0 Å². The lowest BCUT2D eigenvalue weighted by atomic mass is 9.92.